The highest BCUT2D eigenvalue weighted by Crippen LogP contribution is 2.39. The molecule has 0 atom stereocenters. The van der Waals surface area contributed by atoms with E-state index in [-0.39, 0.29) is 11.4 Å². The third-order valence-corrected chi connectivity index (χ3v) is 6.76. The molecule has 5 rings (SSSR count). The van der Waals surface area contributed by atoms with Gasteiger partial charge in [-0.15, -0.1) is 11.3 Å². The Morgan fingerprint density at radius 2 is 1.71 bits per heavy atom. The molecule has 3 heterocycles. The summed E-state index contributed by atoms with van der Waals surface area (Å²) in [4.78, 5) is 13.7. The Morgan fingerprint density at radius 1 is 0.971 bits per heavy atom. The SMILES string of the molecule is COc1ccc(CCn2c(N)c(-c3nc4ccccc4s3)c3nc(C#N)c(C#N)nc32)cc1OC. The molecule has 0 saturated heterocycles. The van der Waals surface area contributed by atoms with Crippen molar-refractivity contribution in [2.75, 3.05) is 20.0 Å². The Balaban J connectivity index is 1.65. The van der Waals surface area contributed by atoms with Crippen LogP contribution in [0.2, 0.25) is 0 Å². The number of thiazole rings is 1. The molecule has 2 N–H and O–H groups in total. The van der Waals surface area contributed by atoms with E-state index in [0.717, 1.165) is 15.8 Å². The first-order valence-corrected chi connectivity index (χ1v) is 11.5. The summed E-state index contributed by atoms with van der Waals surface area (Å²) < 4.78 is 13.6. The molecule has 35 heavy (non-hydrogen) atoms. The molecule has 0 aliphatic rings. The standard InChI is InChI=1S/C25H19N7O2S/c1-33-18-8-7-14(11-19(18)34-2)9-10-32-23(28)21(25-31-15-5-3-4-6-20(15)35-25)22-24(32)30-17(13-27)16(12-26)29-22/h3-8,11H,9-10,28H2,1-2H3. The summed E-state index contributed by atoms with van der Waals surface area (Å²) in [6, 6.07) is 17.4. The van der Waals surface area contributed by atoms with Crippen LogP contribution >= 0.6 is 11.3 Å². The van der Waals surface area contributed by atoms with Crippen LogP contribution in [-0.4, -0.2) is 33.7 Å². The molecule has 0 saturated carbocycles. The summed E-state index contributed by atoms with van der Waals surface area (Å²) in [6.07, 6.45) is 0.608. The quantitative estimate of drug-likeness (QED) is 0.379. The molecule has 3 aromatic heterocycles. The van der Waals surface area contributed by atoms with Crippen LogP contribution < -0.4 is 15.2 Å². The molecule has 0 aliphatic carbocycles. The first kappa shape index (κ1) is 22.1. The fourth-order valence-corrected chi connectivity index (χ4v) is 5.02. The van der Waals surface area contributed by atoms with E-state index in [0.29, 0.717) is 52.0 Å². The topological polar surface area (TPSA) is 136 Å². The van der Waals surface area contributed by atoms with Gasteiger partial charge in [0.15, 0.2) is 28.5 Å². The average Bonchev–Trinajstić information content (AvgIpc) is 3.43. The summed E-state index contributed by atoms with van der Waals surface area (Å²) in [5.74, 6) is 1.71. The molecule has 5 aromatic rings. The van der Waals surface area contributed by atoms with E-state index in [9.17, 15) is 10.5 Å². The minimum Gasteiger partial charge on any atom is -0.493 e. The highest BCUT2D eigenvalue weighted by Gasteiger charge is 2.24. The number of nitrogens with two attached hydrogens (primary N) is 1. The molecule has 9 nitrogen and oxygen atoms in total. The summed E-state index contributed by atoms with van der Waals surface area (Å²) in [5, 5.41) is 19.7. The van der Waals surface area contributed by atoms with E-state index >= 15 is 0 Å². The van der Waals surface area contributed by atoms with Gasteiger partial charge in [-0.2, -0.15) is 10.5 Å². The number of hydrogen-bond acceptors (Lipinski definition) is 9. The number of anilines is 1. The van der Waals surface area contributed by atoms with E-state index in [4.69, 9.17) is 20.2 Å². The maximum absolute atomic E-state index is 9.53. The van der Waals surface area contributed by atoms with Crippen LogP contribution in [0.1, 0.15) is 17.0 Å². The molecule has 0 amide bonds. The second kappa shape index (κ2) is 8.93. The highest BCUT2D eigenvalue weighted by molar-refractivity contribution is 7.21. The van der Waals surface area contributed by atoms with Gasteiger partial charge in [-0.3, -0.25) is 0 Å². The number of fused-ring (bicyclic) bond motifs is 2. The number of ether oxygens (including phenoxy) is 2. The van der Waals surface area contributed by atoms with Crippen molar-refractivity contribution in [3.8, 4) is 34.2 Å². The number of aryl methyl sites for hydroxylation is 2. The molecule has 2 aromatic carbocycles. The Bertz CT molecular complexity index is 1640. The minimum absolute atomic E-state index is 0.0410. The number of nitriles is 2. The third kappa shape index (κ3) is 3.76. The van der Waals surface area contributed by atoms with Crippen molar-refractivity contribution in [2.24, 2.45) is 0 Å². The fourth-order valence-electron chi connectivity index (χ4n) is 4.00. The van der Waals surface area contributed by atoms with E-state index < -0.39 is 0 Å². The van der Waals surface area contributed by atoms with Crippen molar-refractivity contribution in [1.82, 2.24) is 19.5 Å². The molecule has 0 fully saturated rings. The van der Waals surface area contributed by atoms with Gasteiger partial charge in [-0.1, -0.05) is 18.2 Å². The Morgan fingerprint density at radius 3 is 2.43 bits per heavy atom. The van der Waals surface area contributed by atoms with Gasteiger partial charge < -0.3 is 19.8 Å². The number of rotatable bonds is 6. The Hall–Kier alpha value is -4.67. The zero-order valence-corrected chi connectivity index (χ0v) is 19.8. The van der Waals surface area contributed by atoms with Gasteiger partial charge in [0, 0.05) is 6.54 Å². The van der Waals surface area contributed by atoms with Crippen LogP contribution in [0, 0.1) is 22.7 Å². The van der Waals surface area contributed by atoms with Gasteiger partial charge in [-0.05, 0) is 36.2 Å². The Kier molecular flexibility index (Phi) is 5.65. The number of nitrogen functional groups attached to an aromatic ring is 1. The zero-order valence-electron chi connectivity index (χ0n) is 18.9. The molecule has 0 radical (unpaired) electrons. The number of hydrogen-bond donors (Lipinski definition) is 1. The molecule has 0 spiro atoms. The summed E-state index contributed by atoms with van der Waals surface area (Å²) in [6.45, 7) is 0.466. The number of nitrogens with zero attached hydrogens (tertiary/aromatic N) is 6. The third-order valence-electron chi connectivity index (χ3n) is 5.71. The molecular weight excluding hydrogens is 462 g/mol. The van der Waals surface area contributed by atoms with Crippen molar-refractivity contribution >= 4 is 38.5 Å². The van der Waals surface area contributed by atoms with E-state index in [2.05, 4.69) is 9.97 Å². The normalized spacial score (nSPS) is 10.9. The predicted molar refractivity (Wildman–Crippen MR) is 133 cm³/mol. The number of benzene rings is 2. The van der Waals surface area contributed by atoms with E-state index in [1.807, 2.05) is 59.2 Å². The molecule has 0 aliphatic heterocycles. The van der Waals surface area contributed by atoms with Crippen molar-refractivity contribution in [3.63, 3.8) is 0 Å². The van der Waals surface area contributed by atoms with E-state index in [1.54, 1.807) is 14.2 Å². The second-order valence-corrected chi connectivity index (χ2v) is 8.69. The van der Waals surface area contributed by atoms with Crippen molar-refractivity contribution in [1.29, 1.82) is 10.5 Å². The fraction of sp³-hybridized carbons (Fsp3) is 0.160. The van der Waals surface area contributed by atoms with Crippen LogP contribution in [0.4, 0.5) is 5.82 Å². The molecular formula is C25H19N7O2S. The first-order chi connectivity index (χ1) is 17.1. The Labute approximate surface area is 204 Å². The number of aromatic nitrogens is 4. The lowest BCUT2D eigenvalue weighted by molar-refractivity contribution is 0.354. The molecule has 0 bridgehead atoms. The number of methoxy groups -OCH3 is 2. The maximum Gasteiger partial charge on any atom is 0.179 e. The van der Waals surface area contributed by atoms with Gasteiger partial charge in [0.25, 0.3) is 0 Å². The summed E-state index contributed by atoms with van der Waals surface area (Å²) in [7, 11) is 3.18. The van der Waals surface area contributed by atoms with Gasteiger partial charge in [0.05, 0.1) is 30.0 Å². The molecule has 10 heteroatoms. The monoisotopic (exact) mass is 481 g/mol. The van der Waals surface area contributed by atoms with Gasteiger partial charge in [-0.25, -0.2) is 15.0 Å². The maximum atomic E-state index is 9.53. The molecule has 172 valence electrons. The van der Waals surface area contributed by atoms with E-state index in [1.165, 1.54) is 11.3 Å². The first-order valence-electron chi connectivity index (χ1n) is 10.6. The van der Waals surface area contributed by atoms with Crippen LogP contribution in [0.3, 0.4) is 0 Å². The van der Waals surface area contributed by atoms with Gasteiger partial charge in [0.1, 0.15) is 28.5 Å². The lowest BCUT2D eigenvalue weighted by Crippen LogP contribution is -2.07. The predicted octanol–water partition coefficient (Wildman–Crippen LogP) is 4.29. The number of para-hydroxylation sites is 1. The second-order valence-electron chi connectivity index (χ2n) is 7.65. The van der Waals surface area contributed by atoms with Crippen molar-refractivity contribution in [3.05, 3.63) is 59.4 Å². The zero-order chi connectivity index (χ0) is 24.5. The van der Waals surface area contributed by atoms with Crippen LogP contribution in [0.25, 0.3) is 32.0 Å². The highest BCUT2D eigenvalue weighted by atomic mass is 32.1. The van der Waals surface area contributed by atoms with Crippen LogP contribution in [0.15, 0.2) is 42.5 Å². The average molecular weight is 482 g/mol. The van der Waals surface area contributed by atoms with Gasteiger partial charge in [0.2, 0.25) is 0 Å². The lowest BCUT2D eigenvalue weighted by atomic mass is 10.1. The minimum atomic E-state index is -0.0422. The van der Waals surface area contributed by atoms with Crippen LogP contribution in [-0.2, 0) is 13.0 Å². The summed E-state index contributed by atoms with van der Waals surface area (Å²) >= 11 is 1.49. The summed E-state index contributed by atoms with van der Waals surface area (Å²) in [5.41, 5.74) is 9.93. The lowest BCUT2D eigenvalue weighted by Gasteiger charge is -2.11. The molecule has 0 unspecified atom stereocenters. The largest absolute Gasteiger partial charge is 0.493 e. The van der Waals surface area contributed by atoms with Crippen LogP contribution in [0.5, 0.6) is 11.5 Å². The van der Waals surface area contributed by atoms with Gasteiger partial charge >= 0.3 is 0 Å². The van der Waals surface area contributed by atoms with Crippen molar-refractivity contribution < 1.29 is 9.47 Å². The smallest absolute Gasteiger partial charge is 0.179 e. The van der Waals surface area contributed by atoms with Crippen molar-refractivity contribution in [2.45, 2.75) is 13.0 Å².